The van der Waals surface area contributed by atoms with Crippen LogP contribution in [-0.4, -0.2) is 17.8 Å². The lowest BCUT2D eigenvalue weighted by Gasteiger charge is -2.34. The Bertz CT molecular complexity index is 1480. The quantitative estimate of drug-likeness (QED) is 0.285. The number of rotatable bonds is 3. The summed E-state index contributed by atoms with van der Waals surface area (Å²) in [6.07, 6.45) is 1.55. The zero-order valence-corrected chi connectivity index (χ0v) is 18.9. The standard InChI is InChI=1S/C29H22N2O3/c1-19-13-15-21(16-14-19)18-25-27(32)30(23-10-5-7-20(2)17-23)29(34)31(28(25)33)26-12-6-9-22-8-3-4-11-24(22)26/h3-18H,1-2H3/b25-18+. The third-order valence-electron chi connectivity index (χ3n) is 5.91. The highest BCUT2D eigenvalue weighted by molar-refractivity contribution is 6.46. The molecule has 0 aliphatic carbocycles. The van der Waals surface area contributed by atoms with E-state index in [1.54, 1.807) is 36.4 Å². The molecule has 4 amide bonds. The summed E-state index contributed by atoms with van der Waals surface area (Å²) in [5.41, 5.74) is 3.46. The van der Waals surface area contributed by atoms with Crippen molar-refractivity contribution in [2.45, 2.75) is 13.8 Å². The molecule has 0 saturated carbocycles. The molecule has 0 aromatic heterocycles. The number of benzene rings is 4. The van der Waals surface area contributed by atoms with Gasteiger partial charge in [-0.15, -0.1) is 0 Å². The molecule has 0 unspecified atom stereocenters. The summed E-state index contributed by atoms with van der Waals surface area (Å²) in [4.78, 5) is 43.2. The summed E-state index contributed by atoms with van der Waals surface area (Å²) < 4.78 is 0. The van der Waals surface area contributed by atoms with Crippen LogP contribution in [0.1, 0.15) is 16.7 Å². The molecule has 5 rings (SSSR count). The molecule has 4 aromatic rings. The first-order chi connectivity index (χ1) is 16.4. The highest BCUT2D eigenvalue weighted by Gasteiger charge is 2.44. The van der Waals surface area contributed by atoms with Crippen molar-refractivity contribution in [2.24, 2.45) is 0 Å². The molecule has 5 heteroatoms. The van der Waals surface area contributed by atoms with Crippen molar-refractivity contribution < 1.29 is 14.4 Å². The van der Waals surface area contributed by atoms with E-state index in [0.717, 1.165) is 31.7 Å². The van der Waals surface area contributed by atoms with Gasteiger partial charge < -0.3 is 0 Å². The molecule has 166 valence electrons. The number of nitrogens with zero attached hydrogens (tertiary/aromatic N) is 2. The van der Waals surface area contributed by atoms with E-state index < -0.39 is 17.8 Å². The molecule has 5 nitrogen and oxygen atoms in total. The monoisotopic (exact) mass is 446 g/mol. The maximum absolute atomic E-state index is 13.7. The Kier molecular flexibility index (Phi) is 5.30. The zero-order chi connectivity index (χ0) is 23.8. The fourth-order valence-corrected chi connectivity index (χ4v) is 4.17. The van der Waals surface area contributed by atoms with Crippen LogP contribution in [0.3, 0.4) is 0 Å². The number of carbonyl (C=O) groups excluding carboxylic acids is 3. The lowest BCUT2D eigenvalue weighted by molar-refractivity contribution is -0.121. The summed E-state index contributed by atoms with van der Waals surface area (Å²) in [6.45, 7) is 3.85. The molecular formula is C29H22N2O3. The van der Waals surface area contributed by atoms with Gasteiger partial charge in [0.1, 0.15) is 5.57 Å². The highest BCUT2D eigenvalue weighted by atomic mass is 16.2. The summed E-state index contributed by atoms with van der Waals surface area (Å²) in [7, 11) is 0. The van der Waals surface area contributed by atoms with Crippen LogP contribution < -0.4 is 9.80 Å². The third kappa shape index (κ3) is 3.67. The molecule has 0 N–H and O–H groups in total. The Morgan fingerprint density at radius 1 is 0.647 bits per heavy atom. The Hall–Kier alpha value is -4.51. The van der Waals surface area contributed by atoms with Crippen molar-refractivity contribution in [3.05, 3.63) is 113 Å². The fraction of sp³-hybridized carbons (Fsp3) is 0.0690. The van der Waals surface area contributed by atoms with Gasteiger partial charge in [0, 0.05) is 5.39 Å². The van der Waals surface area contributed by atoms with Gasteiger partial charge in [0.05, 0.1) is 11.4 Å². The minimum atomic E-state index is -0.696. The average Bonchev–Trinajstić information content (AvgIpc) is 2.83. The van der Waals surface area contributed by atoms with Crippen LogP contribution in [-0.2, 0) is 9.59 Å². The van der Waals surface area contributed by atoms with E-state index in [0.29, 0.717) is 16.9 Å². The minimum Gasteiger partial charge on any atom is -0.268 e. The summed E-state index contributed by atoms with van der Waals surface area (Å²) >= 11 is 0. The largest absolute Gasteiger partial charge is 0.343 e. The van der Waals surface area contributed by atoms with Gasteiger partial charge in [0.25, 0.3) is 11.8 Å². The number of hydrogen-bond acceptors (Lipinski definition) is 3. The van der Waals surface area contributed by atoms with E-state index >= 15 is 0 Å². The second-order valence-electron chi connectivity index (χ2n) is 8.37. The lowest BCUT2D eigenvalue weighted by Crippen LogP contribution is -2.57. The number of anilines is 2. The number of urea groups is 1. The maximum Gasteiger partial charge on any atom is 0.343 e. The Morgan fingerprint density at radius 3 is 2.09 bits per heavy atom. The molecular weight excluding hydrogens is 424 g/mol. The Balaban J connectivity index is 1.72. The van der Waals surface area contributed by atoms with Crippen molar-refractivity contribution in [3.63, 3.8) is 0 Å². The average molecular weight is 447 g/mol. The van der Waals surface area contributed by atoms with E-state index in [9.17, 15) is 14.4 Å². The first-order valence-electron chi connectivity index (χ1n) is 11.0. The van der Waals surface area contributed by atoms with Gasteiger partial charge in [0.2, 0.25) is 0 Å². The summed E-state index contributed by atoms with van der Waals surface area (Å²) in [5, 5.41) is 1.64. The van der Waals surface area contributed by atoms with Crippen LogP contribution in [0.2, 0.25) is 0 Å². The SMILES string of the molecule is Cc1ccc(/C=C2\C(=O)N(c3cccc(C)c3)C(=O)N(c3cccc4ccccc34)C2=O)cc1. The minimum absolute atomic E-state index is 0.0714. The predicted molar refractivity (Wildman–Crippen MR) is 135 cm³/mol. The predicted octanol–water partition coefficient (Wildman–Crippen LogP) is 6.04. The van der Waals surface area contributed by atoms with Crippen molar-refractivity contribution in [2.75, 3.05) is 9.80 Å². The topological polar surface area (TPSA) is 57.7 Å². The zero-order valence-electron chi connectivity index (χ0n) is 18.9. The number of barbiturate groups is 1. The highest BCUT2D eigenvalue weighted by Crippen LogP contribution is 2.34. The second kappa shape index (κ2) is 8.45. The Labute approximate surface area is 197 Å². The van der Waals surface area contributed by atoms with Gasteiger partial charge in [-0.25, -0.2) is 14.6 Å². The molecule has 34 heavy (non-hydrogen) atoms. The molecule has 0 spiro atoms. The summed E-state index contributed by atoms with van der Waals surface area (Å²) in [6, 6.07) is 26.9. The van der Waals surface area contributed by atoms with Crippen molar-refractivity contribution in [3.8, 4) is 0 Å². The van der Waals surface area contributed by atoms with Crippen molar-refractivity contribution in [1.29, 1.82) is 0 Å². The van der Waals surface area contributed by atoms with E-state index in [1.807, 2.05) is 74.5 Å². The van der Waals surface area contributed by atoms with Gasteiger partial charge in [-0.1, -0.05) is 78.4 Å². The number of fused-ring (bicyclic) bond motifs is 1. The van der Waals surface area contributed by atoms with E-state index in [2.05, 4.69) is 0 Å². The molecule has 1 saturated heterocycles. The fourth-order valence-electron chi connectivity index (χ4n) is 4.17. The third-order valence-corrected chi connectivity index (χ3v) is 5.91. The molecule has 1 aliphatic rings. The van der Waals surface area contributed by atoms with E-state index in [4.69, 9.17) is 0 Å². The molecule has 0 radical (unpaired) electrons. The first kappa shape index (κ1) is 21.3. The molecule has 0 atom stereocenters. The number of carbonyl (C=O) groups is 3. The van der Waals surface area contributed by atoms with E-state index in [1.165, 1.54) is 0 Å². The van der Waals surface area contributed by atoms with Crippen molar-refractivity contribution >= 4 is 46.1 Å². The van der Waals surface area contributed by atoms with Gasteiger partial charge in [-0.2, -0.15) is 0 Å². The van der Waals surface area contributed by atoms with Crippen LogP contribution in [0.5, 0.6) is 0 Å². The van der Waals surface area contributed by atoms with Crippen LogP contribution in [0, 0.1) is 13.8 Å². The Morgan fingerprint density at radius 2 is 1.32 bits per heavy atom. The van der Waals surface area contributed by atoms with Crippen LogP contribution in [0.15, 0.2) is 96.6 Å². The van der Waals surface area contributed by atoms with Gasteiger partial charge in [0.15, 0.2) is 0 Å². The molecule has 1 heterocycles. The number of aryl methyl sites for hydroxylation is 2. The van der Waals surface area contributed by atoms with Gasteiger partial charge in [-0.05, 0) is 54.6 Å². The van der Waals surface area contributed by atoms with Crippen LogP contribution >= 0.6 is 0 Å². The number of imide groups is 2. The number of hydrogen-bond donors (Lipinski definition) is 0. The van der Waals surface area contributed by atoms with Crippen LogP contribution in [0.4, 0.5) is 16.2 Å². The van der Waals surface area contributed by atoms with Gasteiger partial charge >= 0.3 is 6.03 Å². The van der Waals surface area contributed by atoms with Gasteiger partial charge in [-0.3, -0.25) is 9.59 Å². The van der Waals surface area contributed by atoms with Crippen molar-refractivity contribution in [1.82, 2.24) is 0 Å². The normalized spacial score (nSPS) is 15.5. The van der Waals surface area contributed by atoms with E-state index in [-0.39, 0.29) is 5.57 Å². The molecule has 1 fully saturated rings. The maximum atomic E-state index is 13.7. The summed E-state index contributed by atoms with van der Waals surface area (Å²) in [5.74, 6) is -1.28. The number of amides is 4. The molecule has 0 bridgehead atoms. The lowest BCUT2D eigenvalue weighted by atomic mass is 10.0. The first-order valence-corrected chi connectivity index (χ1v) is 11.0. The molecule has 1 aliphatic heterocycles. The second-order valence-corrected chi connectivity index (χ2v) is 8.37. The smallest absolute Gasteiger partial charge is 0.268 e. The molecule has 4 aromatic carbocycles. The van der Waals surface area contributed by atoms with Crippen LogP contribution in [0.25, 0.3) is 16.8 Å².